The molecule has 1 aromatic rings. The molecule has 148 valence electrons. The van der Waals surface area contributed by atoms with Crippen LogP contribution in [0.2, 0.25) is 0 Å². The van der Waals surface area contributed by atoms with Gasteiger partial charge in [-0.25, -0.2) is 0 Å². The summed E-state index contributed by atoms with van der Waals surface area (Å²) < 4.78 is 5.69. The summed E-state index contributed by atoms with van der Waals surface area (Å²) in [5.74, 6) is 0.690. The van der Waals surface area contributed by atoms with Crippen molar-refractivity contribution in [2.45, 2.75) is 58.0 Å². The molecule has 6 heteroatoms. The Balaban J connectivity index is 1.35. The zero-order valence-electron chi connectivity index (χ0n) is 16.2. The normalized spacial score (nSPS) is 21.6. The van der Waals surface area contributed by atoms with Crippen LogP contribution in [0.15, 0.2) is 18.2 Å². The van der Waals surface area contributed by atoms with Crippen molar-refractivity contribution in [2.75, 3.05) is 19.7 Å². The van der Waals surface area contributed by atoms with E-state index in [0.717, 1.165) is 36.3 Å². The van der Waals surface area contributed by atoms with E-state index >= 15 is 0 Å². The number of carbonyl (C=O) groups is 2. The van der Waals surface area contributed by atoms with Crippen molar-refractivity contribution in [2.24, 2.45) is 5.92 Å². The van der Waals surface area contributed by atoms with Crippen LogP contribution in [0.4, 0.5) is 0 Å². The van der Waals surface area contributed by atoms with Gasteiger partial charge in [-0.05, 0) is 68.7 Å². The molecule has 0 aromatic heterocycles. The standard InChI is InChI=1S/C21H30N2O4/c1-14-7-15(2)9-19(8-14)27-6-5-20(24)22-17-10-18(11-17)23(13-21(25)26)12-16-3-4-16/h7-9,16-18H,3-6,10-13H2,1-2H3,(H,22,24)(H,25,26). The summed E-state index contributed by atoms with van der Waals surface area (Å²) in [6.45, 7) is 5.39. The first-order valence-corrected chi connectivity index (χ1v) is 9.85. The lowest BCUT2D eigenvalue weighted by Gasteiger charge is -2.42. The Bertz CT molecular complexity index is 661. The molecule has 1 amide bonds. The van der Waals surface area contributed by atoms with E-state index in [2.05, 4.69) is 16.3 Å². The molecule has 3 rings (SSSR count). The van der Waals surface area contributed by atoms with E-state index in [1.54, 1.807) is 0 Å². The molecule has 27 heavy (non-hydrogen) atoms. The number of hydrogen-bond donors (Lipinski definition) is 2. The minimum absolute atomic E-state index is 0.00481. The van der Waals surface area contributed by atoms with Crippen molar-refractivity contribution in [1.82, 2.24) is 10.2 Å². The number of aliphatic carboxylic acids is 1. The minimum atomic E-state index is -0.772. The van der Waals surface area contributed by atoms with Crippen molar-refractivity contribution in [3.63, 3.8) is 0 Å². The molecule has 0 unspecified atom stereocenters. The fourth-order valence-electron chi connectivity index (χ4n) is 3.73. The van der Waals surface area contributed by atoms with E-state index in [-0.39, 0.29) is 24.5 Å². The number of hydrogen-bond acceptors (Lipinski definition) is 4. The lowest BCUT2D eigenvalue weighted by atomic mass is 9.85. The maximum Gasteiger partial charge on any atom is 0.317 e. The largest absolute Gasteiger partial charge is 0.493 e. The van der Waals surface area contributed by atoms with Gasteiger partial charge in [-0.3, -0.25) is 14.5 Å². The van der Waals surface area contributed by atoms with E-state index in [4.69, 9.17) is 9.84 Å². The first-order chi connectivity index (χ1) is 12.9. The van der Waals surface area contributed by atoms with Crippen LogP contribution in [0.25, 0.3) is 0 Å². The Labute approximate surface area is 160 Å². The summed E-state index contributed by atoms with van der Waals surface area (Å²) in [5, 5.41) is 12.1. The number of ether oxygens (including phenoxy) is 1. The van der Waals surface area contributed by atoms with Crippen LogP contribution in [0.5, 0.6) is 5.75 Å². The predicted molar refractivity (Wildman–Crippen MR) is 103 cm³/mol. The van der Waals surface area contributed by atoms with E-state index in [0.29, 0.717) is 18.9 Å². The van der Waals surface area contributed by atoms with Gasteiger partial charge in [0, 0.05) is 18.6 Å². The summed E-state index contributed by atoms with van der Waals surface area (Å²) in [6.07, 6.45) is 4.43. The molecule has 2 fully saturated rings. The van der Waals surface area contributed by atoms with Crippen LogP contribution >= 0.6 is 0 Å². The second kappa shape index (κ2) is 8.74. The molecule has 0 heterocycles. The quantitative estimate of drug-likeness (QED) is 0.658. The molecule has 0 radical (unpaired) electrons. The highest BCUT2D eigenvalue weighted by Gasteiger charge is 2.37. The third-order valence-corrected chi connectivity index (χ3v) is 5.32. The average Bonchev–Trinajstić information content (AvgIpc) is 3.32. The lowest BCUT2D eigenvalue weighted by Crippen LogP contribution is -2.55. The first kappa shape index (κ1) is 19.7. The number of nitrogens with zero attached hydrogens (tertiary/aromatic N) is 1. The number of benzene rings is 1. The van der Waals surface area contributed by atoms with Crippen molar-refractivity contribution in [3.05, 3.63) is 29.3 Å². The van der Waals surface area contributed by atoms with Crippen molar-refractivity contribution < 1.29 is 19.4 Å². The Morgan fingerprint density at radius 3 is 2.44 bits per heavy atom. The highest BCUT2D eigenvalue weighted by Crippen LogP contribution is 2.33. The van der Waals surface area contributed by atoms with Gasteiger partial charge in [-0.1, -0.05) is 6.07 Å². The fraction of sp³-hybridized carbons (Fsp3) is 0.619. The Morgan fingerprint density at radius 1 is 1.19 bits per heavy atom. The fourth-order valence-corrected chi connectivity index (χ4v) is 3.73. The molecule has 2 aliphatic carbocycles. The van der Waals surface area contributed by atoms with Gasteiger partial charge >= 0.3 is 5.97 Å². The molecule has 2 saturated carbocycles. The van der Waals surface area contributed by atoms with E-state index < -0.39 is 5.97 Å². The number of aryl methyl sites for hydroxylation is 2. The second-order valence-corrected chi connectivity index (χ2v) is 8.08. The smallest absolute Gasteiger partial charge is 0.317 e. The van der Waals surface area contributed by atoms with Crippen LogP contribution in [-0.4, -0.2) is 53.7 Å². The molecule has 0 spiro atoms. The topological polar surface area (TPSA) is 78.9 Å². The molecule has 0 bridgehead atoms. The maximum atomic E-state index is 12.1. The SMILES string of the molecule is Cc1cc(C)cc(OCCC(=O)NC2CC(N(CC(=O)O)CC3CC3)C2)c1. The third kappa shape index (κ3) is 6.24. The van der Waals surface area contributed by atoms with Gasteiger partial charge in [0.25, 0.3) is 0 Å². The Hall–Kier alpha value is -2.08. The van der Waals surface area contributed by atoms with Gasteiger partial charge in [0.05, 0.1) is 19.6 Å². The number of carboxylic acids is 1. The van der Waals surface area contributed by atoms with Crippen molar-refractivity contribution in [1.29, 1.82) is 0 Å². The van der Waals surface area contributed by atoms with E-state index in [1.165, 1.54) is 12.8 Å². The van der Waals surface area contributed by atoms with Gasteiger partial charge in [0.15, 0.2) is 0 Å². The Morgan fingerprint density at radius 2 is 1.85 bits per heavy atom. The second-order valence-electron chi connectivity index (χ2n) is 8.08. The molecular weight excluding hydrogens is 344 g/mol. The van der Waals surface area contributed by atoms with Crippen LogP contribution in [0, 0.1) is 19.8 Å². The number of nitrogens with one attached hydrogen (secondary N) is 1. The molecule has 2 aliphatic rings. The monoisotopic (exact) mass is 374 g/mol. The average molecular weight is 374 g/mol. The third-order valence-electron chi connectivity index (χ3n) is 5.32. The van der Waals surface area contributed by atoms with Crippen LogP contribution in [0.3, 0.4) is 0 Å². The minimum Gasteiger partial charge on any atom is -0.493 e. The van der Waals surface area contributed by atoms with Crippen molar-refractivity contribution >= 4 is 11.9 Å². The van der Waals surface area contributed by atoms with Crippen LogP contribution in [-0.2, 0) is 9.59 Å². The molecular formula is C21H30N2O4. The van der Waals surface area contributed by atoms with Crippen LogP contribution < -0.4 is 10.1 Å². The first-order valence-electron chi connectivity index (χ1n) is 9.85. The summed E-state index contributed by atoms with van der Waals surface area (Å²) in [4.78, 5) is 25.3. The summed E-state index contributed by atoms with van der Waals surface area (Å²) in [6, 6.07) is 6.46. The molecule has 0 saturated heterocycles. The maximum absolute atomic E-state index is 12.1. The highest BCUT2D eigenvalue weighted by atomic mass is 16.5. The number of amides is 1. The molecule has 0 atom stereocenters. The lowest BCUT2D eigenvalue weighted by molar-refractivity contribution is -0.140. The summed E-state index contributed by atoms with van der Waals surface area (Å²) >= 11 is 0. The molecule has 1 aromatic carbocycles. The number of carbonyl (C=O) groups excluding carboxylic acids is 1. The number of carboxylic acid groups (broad SMARTS) is 1. The Kier molecular flexibility index (Phi) is 6.37. The van der Waals surface area contributed by atoms with Gasteiger partial charge in [0.1, 0.15) is 5.75 Å². The van der Waals surface area contributed by atoms with Gasteiger partial charge in [-0.15, -0.1) is 0 Å². The van der Waals surface area contributed by atoms with Gasteiger partial charge < -0.3 is 15.2 Å². The predicted octanol–water partition coefficient (Wildman–Crippen LogP) is 2.52. The zero-order chi connectivity index (χ0) is 19.4. The van der Waals surface area contributed by atoms with E-state index in [1.807, 2.05) is 26.0 Å². The summed E-state index contributed by atoms with van der Waals surface area (Å²) in [7, 11) is 0. The highest BCUT2D eigenvalue weighted by molar-refractivity contribution is 5.76. The number of rotatable bonds is 10. The van der Waals surface area contributed by atoms with Crippen LogP contribution in [0.1, 0.15) is 43.2 Å². The van der Waals surface area contributed by atoms with Gasteiger partial charge in [-0.2, -0.15) is 0 Å². The molecule has 6 nitrogen and oxygen atoms in total. The molecule has 2 N–H and O–H groups in total. The summed E-state index contributed by atoms with van der Waals surface area (Å²) in [5.41, 5.74) is 2.29. The molecule has 0 aliphatic heterocycles. The van der Waals surface area contributed by atoms with E-state index in [9.17, 15) is 9.59 Å². The zero-order valence-corrected chi connectivity index (χ0v) is 16.2. The van der Waals surface area contributed by atoms with Crippen molar-refractivity contribution in [3.8, 4) is 5.75 Å². The van der Waals surface area contributed by atoms with Gasteiger partial charge in [0.2, 0.25) is 5.91 Å².